The second-order valence-electron chi connectivity index (χ2n) is 14.7. The molecule has 0 bridgehead atoms. The van der Waals surface area contributed by atoms with Crippen molar-refractivity contribution in [2.45, 2.75) is 18.8 Å². The highest BCUT2D eigenvalue weighted by Gasteiger charge is 2.29. The molecule has 0 saturated carbocycles. The molecule has 3 unspecified atom stereocenters. The van der Waals surface area contributed by atoms with Gasteiger partial charge >= 0.3 is 0 Å². The lowest BCUT2D eigenvalue weighted by Crippen LogP contribution is -2.47. The van der Waals surface area contributed by atoms with Crippen molar-refractivity contribution in [1.29, 1.82) is 0 Å². The standard InChI is InChI=1S/C51H37N3O/c1-3-13-32(14-4-1)49-52-50(33-15-5-2-6-16-33)54-51(53-49)37-18-11-17-36(29-37)38-22-12-23-43-39-19-7-8-20-40(39)45-30-34(26-28-44(45)48(38)43)35-25-27-42-41-21-9-10-24-46(41)55-47(42)31-35/h1-17,19-31,37,49-50,52H,18H2,(H,53,54). The van der Waals surface area contributed by atoms with Gasteiger partial charge in [0, 0.05) is 16.7 Å². The minimum atomic E-state index is -0.153. The summed E-state index contributed by atoms with van der Waals surface area (Å²) in [7, 11) is 0. The van der Waals surface area contributed by atoms with E-state index >= 15 is 0 Å². The molecule has 11 rings (SSSR count). The Morgan fingerprint density at radius 2 is 1.16 bits per heavy atom. The largest absolute Gasteiger partial charge is 0.456 e. The quantitative estimate of drug-likeness (QED) is 0.175. The van der Waals surface area contributed by atoms with Crippen molar-refractivity contribution in [2.75, 3.05) is 0 Å². The Hall–Kier alpha value is -6.75. The number of para-hydroxylation sites is 1. The molecule has 3 atom stereocenters. The highest BCUT2D eigenvalue weighted by molar-refractivity contribution is 6.28. The third-order valence-corrected chi connectivity index (χ3v) is 11.4. The Bertz CT molecular complexity index is 3030. The Morgan fingerprint density at radius 3 is 1.98 bits per heavy atom. The maximum Gasteiger partial charge on any atom is 0.136 e. The first-order valence-electron chi connectivity index (χ1n) is 19.1. The third kappa shape index (κ3) is 5.45. The highest BCUT2D eigenvalue weighted by Crippen LogP contribution is 2.42. The molecule has 262 valence electrons. The Kier molecular flexibility index (Phi) is 7.49. The molecule has 8 aromatic carbocycles. The van der Waals surface area contributed by atoms with Crippen LogP contribution < -0.4 is 10.6 Å². The molecule has 55 heavy (non-hydrogen) atoms. The summed E-state index contributed by atoms with van der Waals surface area (Å²) in [5, 5.41) is 17.4. The zero-order valence-corrected chi connectivity index (χ0v) is 30.1. The second-order valence-corrected chi connectivity index (χ2v) is 14.7. The number of nitrogens with one attached hydrogen (secondary N) is 2. The van der Waals surface area contributed by atoms with Crippen LogP contribution in [0.4, 0.5) is 0 Å². The van der Waals surface area contributed by atoms with Gasteiger partial charge in [-0.25, -0.2) is 4.99 Å². The van der Waals surface area contributed by atoms with Gasteiger partial charge in [0.05, 0.1) is 0 Å². The average Bonchev–Trinajstić information content (AvgIpc) is 3.64. The van der Waals surface area contributed by atoms with Crippen molar-refractivity contribution in [1.82, 2.24) is 10.6 Å². The van der Waals surface area contributed by atoms with Crippen molar-refractivity contribution in [3.05, 3.63) is 199 Å². The molecule has 2 heterocycles. The zero-order chi connectivity index (χ0) is 36.3. The number of hydrogen-bond acceptors (Lipinski definition) is 4. The molecule has 1 aromatic heterocycles. The number of benzene rings is 8. The number of allylic oxidation sites excluding steroid dienone is 3. The Labute approximate surface area is 319 Å². The monoisotopic (exact) mass is 707 g/mol. The normalized spacial score (nSPS) is 18.5. The number of fused-ring (bicyclic) bond motifs is 9. The number of hydrogen-bond donors (Lipinski definition) is 2. The molecule has 4 nitrogen and oxygen atoms in total. The van der Waals surface area contributed by atoms with Gasteiger partial charge in [-0.3, -0.25) is 5.32 Å². The van der Waals surface area contributed by atoms with Crippen molar-refractivity contribution in [3.63, 3.8) is 0 Å². The lowest BCUT2D eigenvalue weighted by atomic mass is 9.85. The number of aliphatic imine (C=N–C) groups is 1. The van der Waals surface area contributed by atoms with Crippen LogP contribution in [0.15, 0.2) is 191 Å². The van der Waals surface area contributed by atoms with Crippen LogP contribution in [0.25, 0.3) is 71.0 Å². The van der Waals surface area contributed by atoms with Crippen LogP contribution in [0.3, 0.4) is 0 Å². The van der Waals surface area contributed by atoms with Crippen LogP contribution in [0.5, 0.6) is 0 Å². The Morgan fingerprint density at radius 1 is 0.527 bits per heavy atom. The van der Waals surface area contributed by atoms with Gasteiger partial charge in [-0.1, -0.05) is 158 Å². The van der Waals surface area contributed by atoms with E-state index in [4.69, 9.17) is 9.41 Å². The van der Waals surface area contributed by atoms with Crippen molar-refractivity contribution in [2.24, 2.45) is 10.9 Å². The predicted octanol–water partition coefficient (Wildman–Crippen LogP) is 12.7. The van der Waals surface area contributed by atoms with Crippen LogP contribution in [-0.4, -0.2) is 5.84 Å². The number of rotatable bonds is 5. The van der Waals surface area contributed by atoms with Gasteiger partial charge in [0.25, 0.3) is 0 Å². The summed E-state index contributed by atoms with van der Waals surface area (Å²) in [6.07, 6.45) is 7.71. The minimum Gasteiger partial charge on any atom is -0.456 e. The van der Waals surface area contributed by atoms with Crippen molar-refractivity contribution in [3.8, 4) is 11.1 Å². The summed E-state index contributed by atoms with van der Waals surface area (Å²) < 4.78 is 6.29. The number of furan rings is 1. The van der Waals surface area contributed by atoms with Gasteiger partial charge in [0.2, 0.25) is 0 Å². The fourth-order valence-electron chi connectivity index (χ4n) is 8.78. The number of nitrogens with zero attached hydrogens (tertiary/aromatic N) is 1. The molecule has 1 aliphatic carbocycles. The molecule has 2 N–H and O–H groups in total. The summed E-state index contributed by atoms with van der Waals surface area (Å²) in [4.78, 5) is 5.31. The summed E-state index contributed by atoms with van der Waals surface area (Å²) in [6, 6.07) is 58.6. The third-order valence-electron chi connectivity index (χ3n) is 11.4. The van der Waals surface area contributed by atoms with E-state index in [0.29, 0.717) is 0 Å². The molecule has 2 aliphatic rings. The van der Waals surface area contributed by atoms with E-state index in [2.05, 4.69) is 181 Å². The predicted molar refractivity (Wildman–Crippen MR) is 229 cm³/mol. The lowest BCUT2D eigenvalue weighted by molar-refractivity contribution is 0.399. The Balaban J connectivity index is 1.04. The fraction of sp³-hybridized carbons (Fsp3) is 0.0784. The summed E-state index contributed by atoms with van der Waals surface area (Å²) in [5.41, 5.74) is 8.94. The summed E-state index contributed by atoms with van der Waals surface area (Å²) >= 11 is 0. The second kappa shape index (κ2) is 13.0. The maximum atomic E-state index is 6.29. The van der Waals surface area contributed by atoms with Gasteiger partial charge in [-0.05, 0) is 96.4 Å². The van der Waals surface area contributed by atoms with E-state index in [1.807, 2.05) is 12.1 Å². The molecule has 1 aliphatic heterocycles. The topological polar surface area (TPSA) is 49.6 Å². The molecular formula is C51H37N3O. The molecule has 4 heteroatoms. The average molecular weight is 708 g/mol. The molecule has 0 amide bonds. The van der Waals surface area contributed by atoms with E-state index in [-0.39, 0.29) is 18.2 Å². The minimum absolute atomic E-state index is 0.0590. The van der Waals surface area contributed by atoms with Crippen LogP contribution in [-0.2, 0) is 0 Å². The molecule has 0 radical (unpaired) electrons. The van der Waals surface area contributed by atoms with Gasteiger partial charge in [-0.15, -0.1) is 0 Å². The summed E-state index contributed by atoms with van der Waals surface area (Å²) in [6.45, 7) is 0. The van der Waals surface area contributed by atoms with Crippen LogP contribution in [0.1, 0.15) is 35.4 Å². The highest BCUT2D eigenvalue weighted by atomic mass is 16.3. The van der Waals surface area contributed by atoms with Gasteiger partial charge in [0.15, 0.2) is 0 Å². The van der Waals surface area contributed by atoms with E-state index in [0.717, 1.165) is 45.3 Å². The lowest BCUT2D eigenvalue weighted by Gasteiger charge is -2.34. The first kappa shape index (κ1) is 31.7. The SMILES string of the molecule is C1=CC(c2cccc3c4ccccc4c4cc(-c5ccc6c(c5)oc5ccccc56)ccc4c23)=CC(C2=NC(c3ccccc3)NC(c3ccccc3)N2)C1. The van der Waals surface area contributed by atoms with E-state index in [1.54, 1.807) is 0 Å². The van der Waals surface area contributed by atoms with Crippen molar-refractivity contribution < 1.29 is 4.42 Å². The molecule has 0 fully saturated rings. The van der Waals surface area contributed by atoms with Gasteiger partial charge in [0.1, 0.15) is 29.3 Å². The van der Waals surface area contributed by atoms with Crippen LogP contribution in [0, 0.1) is 5.92 Å². The summed E-state index contributed by atoms with van der Waals surface area (Å²) in [5.74, 6) is 1.10. The van der Waals surface area contributed by atoms with Gasteiger partial charge in [-0.2, -0.15) is 0 Å². The van der Waals surface area contributed by atoms with E-state index < -0.39 is 0 Å². The van der Waals surface area contributed by atoms with Crippen molar-refractivity contribution >= 4 is 65.7 Å². The molecular weight excluding hydrogens is 671 g/mol. The smallest absolute Gasteiger partial charge is 0.136 e. The van der Waals surface area contributed by atoms with Crippen LogP contribution in [0.2, 0.25) is 0 Å². The van der Waals surface area contributed by atoms with Crippen LogP contribution >= 0.6 is 0 Å². The van der Waals surface area contributed by atoms with E-state index in [9.17, 15) is 0 Å². The van der Waals surface area contributed by atoms with E-state index in [1.165, 1.54) is 54.6 Å². The maximum absolute atomic E-state index is 6.29. The first-order chi connectivity index (χ1) is 27.2. The first-order valence-corrected chi connectivity index (χ1v) is 19.1. The number of amidine groups is 1. The van der Waals surface area contributed by atoms with Gasteiger partial charge < -0.3 is 9.73 Å². The zero-order valence-electron chi connectivity index (χ0n) is 30.1. The molecule has 9 aromatic rings. The molecule has 0 spiro atoms. The molecule has 0 saturated heterocycles. The fourth-order valence-corrected chi connectivity index (χ4v) is 8.78.